The van der Waals surface area contributed by atoms with E-state index in [2.05, 4.69) is 0 Å². The zero-order chi connectivity index (χ0) is 22.4. The van der Waals surface area contributed by atoms with Crippen LogP contribution >= 0.6 is 22.7 Å². The summed E-state index contributed by atoms with van der Waals surface area (Å²) in [6.07, 6.45) is 0.756. The second kappa shape index (κ2) is 10.7. The van der Waals surface area contributed by atoms with E-state index >= 15 is 0 Å². The first-order chi connectivity index (χ1) is 14.9. The Hall–Kier alpha value is -2.51. The van der Waals surface area contributed by atoms with Crippen LogP contribution in [-0.4, -0.2) is 34.2 Å². The van der Waals surface area contributed by atoms with Gasteiger partial charge in [0.15, 0.2) is 0 Å². The molecule has 3 rings (SSSR count). The molecular weight excluding hydrogens is 431 g/mol. The van der Waals surface area contributed by atoms with Gasteiger partial charge in [0.25, 0.3) is 5.91 Å². The van der Waals surface area contributed by atoms with Crippen LogP contribution in [0.25, 0.3) is 0 Å². The first-order valence-electron chi connectivity index (χ1n) is 10.3. The Kier molecular flexibility index (Phi) is 7.98. The molecule has 7 heteroatoms. The second-order valence-electron chi connectivity index (χ2n) is 7.57. The number of hydrogen-bond acceptors (Lipinski definition) is 4. The van der Waals surface area contributed by atoms with E-state index in [-0.39, 0.29) is 30.2 Å². The molecule has 1 unspecified atom stereocenters. The maximum absolute atomic E-state index is 13.4. The van der Waals surface area contributed by atoms with E-state index < -0.39 is 0 Å². The van der Waals surface area contributed by atoms with Gasteiger partial charge in [0.05, 0.1) is 11.4 Å². The number of rotatable bonds is 9. The molecule has 4 nitrogen and oxygen atoms in total. The first-order valence-corrected chi connectivity index (χ1v) is 12.0. The van der Waals surface area contributed by atoms with Gasteiger partial charge in [-0.3, -0.25) is 9.59 Å². The molecule has 0 saturated heterocycles. The molecule has 1 atom stereocenters. The molecule has 0 aliphatic carbocycles. The fraction of sp³-hybridized carbons (Fsp3) is 0.333. The molecule has 0 N–H and O–H groups in total. The largest absolute Gasteiger partial charge is 0.332 e. The van der Waals surface area contributed by atoms with Crippen molar-refractivity contribution in [1.82, 2.24) is 9.80 Å². The lowest BCUT2D eigenvalue weighted by Crippen LogP contribution is -2.46. The van der Waals surface area contributed by atoms with Crippen molar-refractivity contribution in [3.05, 3.63) is 79.9 Å². The van der Waals surface area contributed by atoms with Crippen LogP contribution in [0.2, 0.25) is 0 Å². The summed E-state index contributed by atoms with van der Waals surface area (Å²) >= 11 is 2.99. The molecular formula is C24H27FN2O2S2. The summed E-state index contributed by atoms with van der Waals surface area (Å²) < 4.78 is 13.3. The van der Waals surface area contributed by atoms with Gasteiger partial charge in [0, 0.05) is 17.5 Å². The van der Waals surface area contributed by atoms with Crippen molar-refractivity contribution in [2.24, 2.45) is 0 Å². The molecule has 0 radical (unpaired) electrons. The monoisotopic (exact) mass is 458 g/mol. The molecule has 164 valence electrons. The van der Waals surface area contributed by atoms with Crippen LogP contribution in [-0.2, 0) is 17.9 Å². The normalized spacial score (nSPS) is 11.9. The third-order valence-electron chi connectivity index (χ3n) is 5.36. The number of halogens is 1. The molecule has 0 saturated carbocycles. The minimum absolute atomic E-state index is 0.0113. The van der Waals surface area contributed by atoms with Crippen LogP contribution in [0.1, 0.15) is 45.9 Å². The molecule has 31 heavy (non-hydrogen) atoms. The van der Waals surface area contributed by atoms with E-state index in [1.54, 1.807) is 39.3 Å². The van der Waals surface area contributed by atoms with Crippen molar-refractivity contribution in [3.8, 4) is 0 Å². The van der Waals surface area contributed by atoms with Crippen LogP contribution in [0.4, 0.5) is 4.39 Å². The Morgan fingerprint density at radius 3 is 2.35 bits per heavy atom. The van der Waals surface area contributed by atoms with E-state index in [1.165, 1.54) is 23.5 Å². The van der Waals surface area contributed by atoms with Crippen LogP contribution in [0.3, 0.4) is 0 Å². The quantitative estimate of drug-likeness (QED) is 0.411. The predicted octanol–water partition coefficient (Wildman–Crippen LogP) is 5.73. The van der Waals surface area contributed by atoms with Gasteiger partial charge in [-0.2, -0.15) is 0 Å². The lowest BCUT2D eigenvalue weighted by atomic mass is 10.1. The fourth-order valence-electron chi connectivity index (χ4n) is 3.22. The Bertz CT molecular complexity index is 999. The average molecular weight is 459 g/mol. The Labute approximate surface area is 190 Å². The topological polar surface area (TPSA) is 40.6 Å². The number of thiophene rings is 2. The van der Waals surface area contributed by atoms with E-state index in [1.807, 2.05) is 43.7 Å². The minimum Gasteiger partial charge on any atom is -0.332 e. The smallest absolute Gasteiger partial charge is 0.264 e. The molecule has 0 aliphatic rings. The van der Waals surface area contributed by atoms with Gasteiger partial charge >= 0.3 is 0 Å². The van der Waals surface area contributed by atoms with Crippen molar-refractivity contribution in [2.45, 2.75) is 46.3 Å². The Morgan fingerprint density at radius 2 is 1.77 bits per heavy atom. The van der Waals surface area contributed by atoms with Crippen molar-refractivity contribution in [3.63, 3.8) is 0 Å². The third kappa shape index (κ3) is 6.02. The van der Waals surface area contributed by atoms with Gasteiger partial charge in [0.1, 0.15) is 12.4 Å². The van der Waals surface area contributed by atoms with Crippen LogP contribution in [0, 0.1) is 12.7 Å². The van der Waals surface area contributed by atoms with Crippen LogP contribution < -0.4 is 0 Å². The molecule has 0 bridgehead atoms. The molecule has 0 aliphatic heterocycles. The van der Waals surface area contributed by atoms with Crippen molar-refractivity contribution < 1.29 is 14.0 Å². The van der Waals surface area contributed by atoms with Gasteiger partial charge in [-0.1, -0.05) is 25.1 Å². The number of aryl methyl sites for hydroxylation is 1. The Balaban J connectivity index is 1.83. The van der Waals surface area contributed by atoms with E-state index in [9.17, 15) is 14.0 Å². The number of carbonyl (C=O) groups is 2. The predicted molar refractivity (Wildman–Crippen MR) is 125 cm³/mol. The maximum Gasteiger partial charge on any atom is 0.264 e. The highest BCUT2D eigenvalue weighted by Gasteiger charge is 2.26. The average Bonchev–Trinajstić information content (AvgIpc) is 3.44. The summed E-state index contributed by atoms with van der Waals surface area (Å²) in [5.41, 5.74) is 1.99. The standard InChI is InChI=1S/C24H27FN2O2S2/c1-4-18(3)27(24(29)21-6-5-12-30-21)16-23(28)26(15-22-17(2)11-13-31-22)14-19-7-9-20(25)10-8-19/h5-13,18H,4,14-16H2,1-3H3. The van der Waals surface area contributed by atoms with Gasteiger partial charge in [-0.05, 0) is 66.4 Å². The second-order valence-corrected chi connectivity index (χ2v) is 9.52. The Morgan fingerprint density at radius 1 is 1.03 bits per heavy atom. The van der Waals surface area contributed by atoms with Gasteiger partial charge in [-0.25, -0.2) is 4.39 Å². The lowest BCUT2D eigenvalue weighted by molar-refractivity contribution is -0.133. The molecule has 2 aromatic heterocycles. The summed E-state index contributed by atoms with van der Waals surface area (Å²) in [6, 6.07) is 11.8. The van der Waals surface area contributed by atoms with Crippen molar-refractivity contribution >= 4 is 34.5 Å². The highest BCUT2D eigenvalue weighted by molar-refractivity contribution is 7.12. The molecule has 1 aromatic carbocycles. The summed E-state index contributed by atoms with van der Waals surface area (Å²) in [5.74, 6) is -0.547. The summed E-state index contributed by atoms with van der Waals surface area (Å²) in [5, 5.41) is 3.88. The van der Waals surface area contributed by atoms with Gasteiger partial charge in [-0.15, -0.1) is 22.7 Å². The summed E-state index contributed by atoms with van der Waals surface area (Å²) in [4.78, 5) is 31.6. The van der Waals surface area contributed by atoms with Gasteiger partial charge in [0.2, 0.25) is 5.91 Å². The fourth-order valence-corrected chi connectivity index (χ4v) is 4.82. The van der Waals surface area contributed by atoms with Crippen molar-refractivity contribution in [2.75, 3.05) is 6.54 Å². The molecule has 2 heterocycles. The molecule has 0 fully saturated rings. The number of amides is 2. The zero-order valence-electron chi connectivity index (χ0n) is 18.0. The summed E-state index contributed by atoms with van der Waals surface area (Å²) in [7, 11) is 0. The van der Waals surface area contributed by atoms with Crippen molar-refractivity contribution in [1.29, 1.82) is 0 Å². The third-order valence-corrected chi connectivity index (χ3v) is 7.23. The number of nitrogens with zero attached hydrogens (tertiary/aromatic N) is 2. The number of hydrogen-bond donors (Lipinski definition) is 0. The van der Waals surface area contributed by atoms with E-state index in [0.717, 1.165) is 22.4 Å². The highest BCUT2D eigenvalue weighted by atomic mass is 32.1. The molecule has 0 spiro atoms. The van der Waals surface area contributed by atoms with Crippen LogP contribution in [0.5, 0.6) is 0 Å². The minimum atomic E-state index is -0.305. The zero-order valence-corrected chi connectivity index (χ0v) is 19.6. The summed E-state index contributed by atoms with van der Waals surface area (Å²) in [6.45, 7) is 6.83. The lowest BCUT2D eigenvalue weighted by Gasteiger charge is -2.31. The number of benzene rings is 1. The molecule has 2 amide bonds. The van der Waals surface area contributed by atoms with Crippen LogP contribution in [0.15, 0.2) is 53.2 Å². The SMILES string of the molecule is CCC(C)N(CC(=O)N(Cc1ccc(F)cc1)Cc1sccc1C)C(=O)c1cccs1. The highest BCUT2D eigenvalue weighted by Crippen LogP contribution is 2.21. The molecule has 3 aromatic rings. The first kappa shape index (κ1) is 23.2. The van der Waals surface area contributed by atoms with E-state index in [0.29, 0.717) is 18.0 Å². The number of carbonyl (C=O) groups excluding carboxylic acids is 2. The van der Waals surface area contributed by atoms with E-state index in [4.69, 9.17) is 0 Å². The maximum atomic E-state index is 13.4. The van der Waals surface area contributed by atoms with Gasteiger partial charge < -0.3 is 9.80 Å².